The summed E-state index contributed by atoms with van der Waals surface area (Å²) < 4.78 is 4.68. The van der Waals surface area contributed by atoms with Crippen molar-refractivity contribution < 1.29 is 14.3 Å². The van der Waals surface area contributed by atoms with Crippen molar-refractivity contribution in [3.63, 3.8) is 0 Å². The van der Waals surface area contributed by atoms with Gasteiger partial charge in [-0.05, 0) is 37.6 Å². The number of anilines is 1. The van der Waals surface area contributed by atoms with Gasteiger partial charge in [0, 0.05) is 5.69 Å². The third-order valence-electron chi connectivity index (χ3n) is 3.60. The summed E-state index contributed by atoms with van der Waals surface area (Å²) in [6.07, 6.45) is 0. The zero-order chi connectivity index (χ0) is 16.2. The molecular formula is C18H19NO3. The van der Waals surface area contributed by atoms with Crippen LogP contribution in [0.15, 0.2) is 54.6 Å². The lowest BCUT2D eigenvalue weighted by atomic mass is 9.83. The van der Waals surface area contributed by atoms with Gasteiger partial charge in [0.2, 0.25) is 5.91 Å². The SMILES string of the molecule is COC(=O)c1cccc(NC(=O)C(C)(C)c2ccccc2)c1. The molecule has 1 amide bonds. The van der Waals surface area contributed by atoms with Gasteiger partial charge in [0.15, 0.2) is 0 Å². The number of esters is 1. The fourth-order valence-electron chi connectivity index (χ4n) is 2.12. The smallest absolute Gasteiger partial charge is 0.337 e. The van der Waals surface area contributed by atoms with Gasteiger partial charge in [-0.3, -0.25) is 4.79 Å². The van der Waals surface area contributed by atoms with E-state index >= 15 is 0 Å². The Kier molecular flexibility index (Phi) is 4.61. The number of carbonyl (C=O) groups is 2. The average Bonchev–Trinajstić information content (AvgIpc) is 2.55. The largest absolute Gasteiger partial charge is 0.465 e. The highest BCUT2D eigenvalue weighted by atomic mass is 16.5. The van der Waals surface area contributed by atoms with E-state index in [1.54, 1.807) is 24.3 Å². The van der Waals surface area contributed by atoms with Crippen LogP contribution in [-0.4, -0.2) is 19.0 Å². The molecule has 0 atom stereocenters. The number of hydrogen-bond donors (Lipinski definition) is 1. The minimum Gasteiger partial charge on any atom is -0.465 e. The molecule has 4 heteroatoms. The lowest BCUT2D eigenvalue weighted by Crippen LogP contribution is -2.34. The molecule has 0 aromatic heterocycles. The second kappa shape index (κ2) is 6.43. The van der Waals surface area contributed by atoms with Gasteiger partial charge in [0.05, 0.1) is 18.1 Å². The quantitative estimate of drug-likeness (QED) is 0.880. The standard InChI is InChI=1S/C18H19NO3/c1-18(2,14-9-5-4-6-10-14)17(21)19-15-11-7-8-13(12-15)16(20)22-3/h4-12H,1-3H3,(H,19,21). The number of benzene rings is 2. The molecule has 0 heterocycles. The molecule has 0 unspecified atom stereocenters. The summed E-state index contributed by atoms with van der Waals surface area (Å²) in [4.78, 5) is 24.1. The Morgan fingerprint density at radius 3 is 2.32 bits per heavy atom. The Bertz CT molecular complexity index is 678. The van der Waals surface area contributed by atoms with Crippen LogP contribution in [-0.2, 0) is 14.9 Å². The molecule has 0 saturated heterocycles. The van der Waals surface area contributed by atoms with Crippen molar-refractivity contribution in [2.45, 2.75) is 19.3 Å². The van der Waals surface area contributed by atoms with Crippen molar-refractivity contribution in [1.82, 2.24) is 0 Å². The molecule has 0 aliphatic carbocycles. The van der Waals surface area contributed by atoms with Crippen molar-refractivity contribution in [3.05, 3.63) is 65.7 Å². The maximum absolute atomic E-state index is 12.6. The van der Waals surface area contributed by atoms with Crippen molar-refractivity contribution in [2.24, 2.45) is 0 Å². The lowest BCUT2D eigenvalue weighted by molar-refractivity contribution is -0.120. The minimum absolute atomic E-state index is 0.138. The predicted octanol–water partition coefficient (Wildman–Crippen LogP) is 3.39. The van der Waals surface area contributed by atoms with Gasteiger partial charge in [-0.2, -0.15) is 0 Å². The zero-order valence-corrected chi connectivity index (χ0v) is 12.9. The van der Waals surface area contributed by atoms with Crippen LogP contribution < -0.4 is 5.32 Å². The molecule has 22 heavy (non-hydrogen) atoms. The number of ether oxygens (including phenoxy) is 1. The number of hydrogen-bond acceptors (Lipinski definition) is 3. The normalized spacial score (nSPS) is 10.9. The van der Waals surface area contributed by atoms with E-state index in [1.165, 1.54) is 7.11 Å². The minimum atomic E-state index is -0.678. The predicted molar refractivity (Wildman–Crippen MR) is 85.9 cm³/mol. The summed E-state index contributed by atoms with van der Waals surface area (Å²) in [6, 6.07) is 16.3. The highest BCUT2D eigenvalue weighted by Gasteiger charge is 2.29. The molecule has 1 N–H and O–H groups in total. The molecular weight excluding hydrogens is 278 g/mol. The number of methoxy groups -OCH3 is 1. The monoisotopic (exact) mass is 297 g/mol. The molecule has 2 rings (SSSR count). The van der Waals surface area contributed by atoms with Gasteiger partial charge < -0.3 is 10.1 Å². The molecule has 0 aliphatic rings. The van der Waals surface area contributed by atoms with Gasteiger partial charge >= 0.3 is 5.97 Å². The van der Waals surface area contributed by atoms with Crippen LogP contribution in [0.1, 0.15) is 29.8 Å². The van der Waals surface area contributed by atoms with E-state index in [9.17, 15) is 9.59 Å². The van der Waals surface area contributed by atoms with E-state index in [4.69, 9.17) is 0 Å². The Morgan fingerprint density at radius 2 is 1.68 bits per heavy atom. The van der Waals surface area contributed by atoms with Crippen LogP contribution >= 0.6 is 0 Å². The van der Waals surface area contributed by atoms with Crippen LogP contribution in [0.3, 0.4) is 0 Å². The molecule has 0 radical (unpaired) electrons. The van der Waals surface area contributed by atoms with Gasteiger partial charge in [-0.25, -0.2) is 4.79 Å². The van der Waals surface area contributed by atoms with Gasteiger partial charge in [0.25, 0.3) is 0 Å². The van der Waals surface area contributed by atoms with Crippen LogP contribution in [0.4, 0.5) is 5.69 Å². The van der Waals surface area contributed by atoms with Gasteiger partial charge in [-0.15, -0.1) is 0 Å². The Labute approximate surface area is 130 Å². The fraction of sp³-hybridized carbons (Fsp3) is 0.222. The second-order valence-electron chi connectivity index (χ2n) is 5.52. The van der Waals surface area contributed by atoms with E-state index in [2.05, 4.69) is 10.1 Å². The number of nitrogens with one attached hydrogen (secondary N) is 1. The first-order valence-corrected chi connectivity index (χ1v) is 7.00. The average molecular weight is 297 g/mol. The molecule has 0 aliphatic heterocycles. The number of carbonyl (C=O) groups excluding carboxylic acids is 2. The fourth-order valence-corrected chi connectivity index (χ4v) is 2.12. The van der Waals surface area contributed by atoms with E-state index in [0.717, 1.165) is 5.56 Å². The zero-order valence-electron chi connectivity index (χ0n) is 12.9. The molecule has 2 aromatic carbocycles. The Hall–Kier alpha value is -2.62. The molecule has 0 fully saturated rings. The topological polar surface area (TPSA) is 55.4 Å². The third kappa shape index (κ3) is 3.34. The summed E-state index contributed by atoms with van der Waals surface area (Å²) in [7, 11) is 1.33. The van der Waals surface area contributed by atoms with E-state index in [1.807, 2.05) is 44.2 Å². The lowest BCUT2D eigenvalue weighted by Gasteiger charge is -2.24. The summed E-state index contributed by atoms with van der Waals surface area (Å²) in [6.45, 7) is 3.73. The molecule has 4 nitrogen and oxygen atoms in total. The van der Waals surface area contributed by atoms with Crippen molar-refractivity contribution in [2.75, 3.05) is 12.4 Å². The molecule has 0 saturated carbocycles. The van der Waals surface area contributed by atoms with Crippen molar-refractivity contribution in [1.29, 1.82) is 0 Å². The Morgan fingerprint density at radius 1 is 1.00 bits per heavy atom. The summed E-state index contributed by atoms with van der Waals surface area (Å²) >= 11 is 0. The van der Waals surface area contributed by atoms with E-state index < -0.39 is 11.4 Å². The molecule has 0 bridgehead atoms. The Balaban J connectivity index is 2.20. The number of rotatable bonds is 4. The summed E-state index contributed by atoms with van der Waals surface area (Å²) in [5, 5.41) is 2.85. The van der Waals surface area contributed by atoms with Crippen LogP contribution in [0.2, 0.25) is 0 Å². The highest BCUT2D eigenvalue weighted by molar-refractivity contribution is 5.99. The number of amides is 1. The first-order valence-electron chi connectivity index (χ1n) is 7.00. The van der Waals surface area contributed by atoms with Gasteiger partial charge in [0.1, 0.15) is 0 Å². The first-order chi connectivity index (χ1) is 10.4. The maximum Gasteiger partial charge on any atom is 0.337 e. The van der Waals surface area contributed by atoms with Crippen LogP contribution in [0.5, 0.6) is 0 Å². The van der Waals surface area contributed by atoms with Crippen molar-refractivity contribution in [3.8, 4) is 0 Å². The summed E-state index contributed by atoms with van der Waals surface area (Å²) in [5.74, 6) is -0.570. The first kappa shape index (κ1) is 15.8. The van der Waals surface area contributed by atoms with Gasteiger partial charge in [-0.1, -0.05) is 36.4 Å². The second-order valence-corrected chi connectivity index (χ2v) is 5.52. The maximum atomic E-state index is 12.6. The van der Waals surface area contributed by atoms with E-state index in [-0.39, 0.29) is 5.91 Å². The van der Waals surface area contributed by atoms with Crippen LogP contribution in [0, 0.1) is 0 Å². The molecule has 2 aromatic rings. The molecule has 114 valence electrons. The van der Waals surface area contributed by atoms with Crippen LogP contribution in [0.25, 0.3) is 0 Å². The van der Waals surface area contributed by atoms with E-state index in [0.29, 0.717) is 11.3 Å². The highest BCUT2D eigenvalue weighted by Crippen LogP contribution is 2.25. The summed E-state index contributed by atoms with van der Waals surface area (Å²) in [5.41, 5.74) is 1.22. The molecule has 0 spiro atoms. The third-order valence-corrected chi connectivity index (χ3v) is 3.60. The van der Waals surface area contributed by atoms with Crippen molar-refractivity contribution >= 4 is 17.6 Å².